The van der Waals surface area contributed by atoms with E-state index in [9.17, 15) is 5.11 Å². The number of ether oxygens (including phenoxy) is 2. The van der Waals surface area contributed by atoms with Crippen LogP contribution in [0.1, 0.15) is 28.3 Å². The summed E-state index contributed by atoms with van der Waals surface area (Å²) in [5.74, 6) is 2.17. The van der Waals surface area contributed by atoms with Crippen molar-refractivity contribution < 1.29 is 14.6 Å². The Bertz CT molecular complexity index is 1020. The van der Waals surface area contributed by atoms with Crippen LogP contribution < -0.4 is 9.47 Å². The second-order valence-corrected chi connectivity index (χ2v) is 9.34. The molecule has 2 atom stereocenters. The summed E-state index contributed by atoms with van der Waals surface area (Å²) < 4.78 is 11.1. The number of aliphatic hydroxyl groups is 1. The number of β-amino-alcohol motifs (C(OH)–C–C–N with tert-alkyl or cyclic N) is 1. The fraction of sp³-hybridized carbons (Fsp3) is 0.333. The Morgan fingerprint density at radius 1 is 1.00 bits per heavy atom. The first-order valence-electron chi connectivity index (χ1n) is 11.0. The Morgan fingerprint density at radius 3 is 2.38 bits per heavy atom. The minimum Gasteiger partial charge on any atom is -0.493 e. The van der Waals surface area contributed by atoms with E-state index in [-0.39, 0.29) is 6.04 Å². The molecule has 1 N–H and O–H groups in total. The number of fused-ring (bicyclic) bond motifs is 1. The molecule has 0 amide bonds. The van der Waals surface area contributed by atoms with E-state index in [2.05, 4.69) is 72.5 Å². The molecule has 1 heterocycles. The summed E-state index contributed by atoms with van der Waals surface area (Å²) >= 11 is 1.71. The zero-order valence-corrected chi connectivity index (χ0v) is 19.8. The number of methoxy groups -OCH3 is 2. The maximum absolute atomic E-state index is 10.9. The quantitative estimate of drug-likeness (QED) is 0.484. The lowest BCUT2D eigenvalue weighted by atomic mass is 9.87. The number of thioether (sulfide) groups is 1. The Balaban J connectivity index is 1.57. The molecule has 3 aromatic carbocycles. The maximum Gasteiger partial charge on any atom is 0.161 e. The van der Waals surface area contributed by atoms with Gasteiger partial charge in [0.05, 0.1) is 26.4 Å². The number of hydrogen-bond donors (Lipinski definition) is 1. The normalized spacial score (nSPS) is 16.9. The van der Waals surface area contributed by atoms with Gasteiger partial charge in [0, 0.05) is 23.7 Å². The largest absolute Gasteiger partial charge is 0.493 e. The molecule has 2 unspecified atom stereocenters. The van der Waals surface area contributed by atoms with Gasteiger partial charge in [-0.05, 0) is 54.3 Å². The van der Waals surface area contributed by atoms with Crippen LogP contribution in [-0.4, -0.2) is 49.2 Å². The SMILES string of the molecule is COc1cc2c(cc1OC)C(c1ccccc1)N(CC(O)CSc1ccc(C)cc1)CC2. The minimum absolute atomic E-state index is 0.0683. The van der Waals surface area contributed by atoms with Crippen molar-refractivity contribution in [2.75, 3.05) is 33.1 Å². The summed E-state index contributed by atoms with van der Waals surface area (Å²) in [5.41, 5.74) is 4.97. The lowest BCUT2D eigenvalue weighted by Crippen LogP contribution is -2.41. The Kier molecular flexibility index (Phi) is 7.40. The third kappa shape index (κ3) is 5.12. The topological polar surface area (TPSA) is 41.9 Å². The summed E-state index contributed by atoms with van der Waals surface area (Å²) in [4.78, 5) is 3.58. The Morgan fingerprint density at radius 2 is 1.69 bits per heavy atom. The van der Waals surface area contributed by atoms with Crippen LogP contribution in [0.15, 0.2) is 71.6 Å². The highest BCUT2D eigenvalue weighted by atomic mass is 32.2. The molecule has 0 radical (unpaired) electrons. The summed E-state index contributed by atoms with van der Waals surface area (Å²) in [5, 5.41) is 10.9. The lowest BCUT2D eigenvalue weighted by Gasteiger charge is -2.39. The number of nitrogens with zero attached hydrogens (tertiary/aromatic N) is 1. The molecule has 0 saturated carbocycles. The number of rotatable bonds is 8. The third-order valence-corrected chi connectivity index (χ3v) is 7.15. The van der Waals surface area contributed by atoms with Crippen molar-refractivity contribution in [2.24, 2.45) is 0 Å². The molecule has 0 fully saturated rings. The van der Waals surface area contributed by atoms with Crippen LogP contribution >= 0.6 is 11.8 Å². The van der Waals surface area contributed by atoms with Gasteiger partial charge in [0.2, 0.25) is 0 Å². The van der Waals surface area contributed by atoms with Crippen LogP contribution in [0.2, 0.25) is 0 Å². The Labute approximate surface area is 195 Å². The molecular formula is C27H31NO3S. The molecule has 1 aliphatic heterocycles. The predicted molar refractivity (Wildman–Crippen MR) is 131 cm³/mol. The number of aryl methyl sites for hydroxylation is 1. The van der Waals surface area contributed by atoms with Crippen LogP contribution in [0.25, 0.3) is 0 Å². The lowest BCUT2D eigenvalue weighted by molar-refractivity contribution is 0.107. The summed E-state index contributed by atoms with van der Waals surface area (Å²) in [6.45, 7) is 3.59. The fourth-order valence-electron chi connectivity index (χ4n) is 4.37. The van der Waals surface area contributed by atoms with Gasteiger partial charge in [-0.1, -0.05) is 48.0 Å². The van der Waals surface area contributed by atoms with Crippen LogP contribution in [-0.2, 0) is 6.42 Å². The predicted octanol–water partition coefficient (Wildman–Crippen LogP) is 5.11. The van der Waals surface area contributed by atoms with E-state index < -0.39 is 6.10 Å². The molecule has 5 heteroatoms. The molecule has 0 bridgehead atoms. The van der Waals surface area contributed by atoms with E-state index >= 15 is 0 Å². The van der Waals surface area contributed by atoms with Crippen molar-refractivity contribution >= 4 is 11.8 Å². The first-order chi connectivity index (χ1) is 15.6. The van der Waals surface area contributed by atoms with Gasteiger partial charge in [0.1, 0.15) is 0 Å². The molecule has 1 aliphatic rings. The number of aliphatic hydroxyl groups excluding tert-OH is 1. The van der Waals surface area contributed by atoms with Gasteiger partial charge >= 0.3 is 0 Å². The van der Waals surface area contributed by atoms with E-state index in [1.165, 1.54) is 27.1 Å². The average molecular weight is 450 g/mol. The molecule has 0 spiro atoms. The fourth-order valence-corrected chi connectivity index (χ4v) is 5.19. The molecule has 0 aliphatic carbocycles. The van der Waals surface area contributed by atoms with Crippen molar-refractivity contribution in [3.05, 3.63) is 89.0 Å². The average Bonchev–Trinajstić information content (AvgIpc) is 2.83. The van der Waals surface area contributed by atoms with E-state index in [0.717, 1.165) is 24.5 Å². The maximum atomic E-state index is 10.9. The molecular weight excluding hydrogens is 418 g/mol. The highest BCUT2D eigenvalue weighted by Gasteiger charge is 2.31. The van der Waals surface area contributed by atoms with Crippen LogP contribution in [0.5, 0.6) is 11.5 Å². The van der Waals surface area contributed by atoms with Crippen LogP contribution in [0.4, 0.5) is 0 Å². The molecule has 4 rings (SSSR count). The van der Waals surface area contributed by atoms with Gasteiger partial charge in [-0.25, -0.2) is 0 Å². The van der Waals surface area contributed by atoms with Crippen molar-refractivity contribution in [3.8, 4) is 11.5 Å². The first-order valence-corrected chi connectivity index (χ1v) is 12.0. The highest BCUT2D eigenvalue weighted by molar-refractivity contribution is 7.99. The molecule has 4 nitrogen and oxygen atoms in total. The summed E-state index contributed by atoms with van der Waals surface area (Å²) in [7, 11) is 3.35. The first kappa shape index (κ1) is 22.7. The van der Waals surface area contributed by atoms with E-state index in [1.54, 1.807) is 26.0 Å². The van der Waals surface area contributed by atoms with Crippen molar-refractivity contribution in [1.29, 1.82) is 0 Å². The second-order valence-electron chi connectivity index (χ2n) is 8.24. The summed E-state index contributed by atoms with van der Waals surface area (Å²) in [6, 6.07) is 23.3. The number of benzene rings is 3. The van der Waals surface area contributed by atoms with Crippen molar-refractivity contribution in [1.82, 2.24) is 4.90 Å². The van der Waals surface area contributed by atoms with Gasteiger partial charge in [-0.3, -0.25) is 4.90 Å². The van der Waals surface area contributed by atoms with Crippen molar-refractivity contribution in [3.63, 3.8) is 0 Å². The standard InChI is InChI=1S/C27H31NO3S/c1-19-9-11-23(12-10-19)32-18-22(29)17-28-14-13-21-15-25(30-2)26(31-3)16-24(21)27(28)20-7-5-4-6-8-20/h4-12,15-16,22,27,29H,13-14,17-18H2,1-3H3. The monoisotopic (exact) mass is 449 g/mol. The number of hydrogen-bond acceptors (Lipinski definition) is 5. The Hall–Kier alpha value is -2.47. The second kappa shape index (κ2) is 10.4. The van der Waals surface area contributed by atoms with Gasteiger partial charge in [0.15, 0.2) is 11.5 Å². The van der Waals surface area contributed by atoms with Crippen LogP contribution in [0.3, 0.4) is 0 Å². The highest BCUT2D eigenvalue weighted by Crippen LogP contribution is 2.41. The van der Waals surface area contributed by atoms with Crippen molar-refractivity contribution in [2.45, 2.75) is 30.4 Å². The molecule has 3 aromatic rings. The van der Waals surface area contributed by atoms with E-state index in [1.807, 2.05) is 6.07 Å². The van der Waals surface area contributed by atoms with E-state index in [4.69, 9.17) is 9.47 Å². The summed E-state index contributed by atoms with van der Waals surface area (Å²) in [6.07, 6.45) is 0.492. The molecule has 0 saturated heterocycles. The zero-order chi connectivity index (χ0) is 22.5. The van der Waals surface area contributed by atoms with E-state index in [0.29, 0.717) is 12.3 Å². The molecule has 168 valence electrons. The molecule has 0 aromatic heterocycles. The van der Waals surface area contributed by atoms with Gasteiger partial charge in [-0.15, -0.1) is 11.8 Å². The van der Waals surface area contributed by atoms with Gasteiger partial charge < -0.3 is 14.6 Å². The minimum atomic E-state index is -0.422. The smallest absolute Gasteiger partial charge is 0.161 e. The third-order valence-electron chi connectivity index (χ3n) is 6.00. The van der Waals surface area contributed by atoms with Gasteiger partial charge in [-0.2, -0.15) is 0 Å². The molecule has 32 heavy (non-hydrogen) atoms. The van der Waals surface area contributed by atoms with Gasteiger partial charge in [0.25, 0.3) is 0 Å². The van der Waals surface area contributed by atoms with Crippen LogP contribution in [0, 0.1) is 6.92 Å². The zero-order valence-electron chi connectivity index (χ0n) is 19.0.